The molecule has 1 saturated heterocycles. The number of benzene rings is 1. The average molecular weight is 517 g/mol. The molecule has 1 amide bonds. The molecule has 0 spiro atoms. The van der Waals surface area contributed by atoms with Gasteiger partial charge in [-0.1, -0.05) is 0 Å². The fourth-order valence-corrected chi connectivity index (χ4v) is 4.36. The van der Waals surface area contributed by atoms with Crippen LogP contribution in [0.1, 0.15) is 33.6 Å². The Morgan fingerprint density at radius 2 is 2.03 bits per heavy atom. The van der Waals surface area contributed by atoms with Crippen molar-refractivity contribution in [2.24, 2.45) is 5.92 Å². The van der Waals surface area contributed by atoms with E-state index in [0.29, 0.717) is 30.6 Å². The van der Waals surface area contributed by atoms with Crippen LogP contribution in [0, 0.1) is 5.92 Å². The van der Waals surface area contributed by atoms with Gasteiger partial charge in [-0.05, 0) is 73.7 Å². The van der Waals surface area contributed by atoms with Gasteiger partial charge in [-0.15, -0.1) is 0 Å². The van der Waals surface area contributed by atoms with Crippen molar-refractivity contribution in [3.8, 4) is 17.0 Å². The molecule has 0 unspecified atom stereocenters. The van der Waals surface area contributed by atoms with Crippen LogP contribution in [0.3, 0.4) is 0 Å². The Kier molecular flexibility index (Phi) is 6.73. The summed E-state index contributed by atoms with van der Waals surface area (Å²) < 4.78 is 11.7. The fourth-order valence-electron chi connectivity index (χ4n) is 3.82. The molecule has 0 saturated carbocycles. The van der Waals surface area contributed by atoms with E-state index in [1.54, 1.807) is 18.3 Å². The zero-order valence-corrected chi connectivity index (χ0v) is 20.9. The molecule has 1 aliphatic heterocycles. The highest BCUT2D eigenvalue weighted by atomic mass is 79.9. The molecule has 1 aromatic carbocycles. The first-order chi connectivity index (χ1) is 15.7. The van der Waals surface area contributed by atoms with Gasteiger partial charge in [0.25, 0.3) is 0 Å². The second kappa shape index (κ2) is 9.54. The molecule has 176 valence electrons. The summed E-state index contributed by atoms with van der Waals surface area (Å²) in [5, 5.41) is 3.38. The average Bonchev–Trinajstić information content (AvgIpc) is 3.25. The van der Waals surface area contributed by atoms with Crippen molar-refractivity contribution in [3.63, 3.8) is 0 Å². The van der Waals surface area contributed by atoms with Crippen LogP contribution in [0.25, 0.3) is 22.4 Å². The zero-order chi connectivity index (χ0) is 23.6. The standard InChI is InChI=1S/C23H29BrN6O3/c1-23(2,3)33-22(31)30-9-7-14(8-10-30)12-25-21-28-18(19-20(29-21)27-13-26-19)15-5-6-17(32-4)16(24)11-15/h5-6,11,13-14H,7-10,12H2,1-4H3,(H2,25,26,27,28,29). The first kappa shape index (κ1) is 23.3. The van der Waals surface area contributed by atoms with Crippen LogP contribution in [-0.4, -0.2) is 63.3 Å². The Balaban J connectivity index is 1.43. The maximum atomic E-state index is 12.3. The summed E-state index contributed by atoms with van der Waals surface area (Å²) in [4.78, 5) is 30.9. The summed E-state index contributed by atoms with van der Waals surface area (Å²) >= 11 is 3.54. The van der Waals surface area contributed by atoms with Gasteiger partial charge < -0.3 is 24.7 Å². The normalized spacial score (nSPS) is 15.0. The lowest BCUT2D eigenvalue weighted by Crippen LogP contribution is -2.42. The third kappa shape index (κ3) is 5.55. The number of fused-ring (bicyclic) bond motifs is 1. The fraction of sp³-hybridized carbons (Fsp3) is 0.478. The van der Waals surface area contributed by atoms with Gasteiger partial charge in [0.2, 0.25) is 5.95 Å². The number of imidazole rings is 1. The quantitative estimate of drug-likeness (QED) is 0.499. The van der Waals surface area contributed by atoms with Crippen molar-refractivity contribution >= 4 is 39.1 Å². The van der Waals surface area contributed by atoms with E-state index < -0.39 is 5.60 Å². The predicted molar refractivity (Wildman–Crippen MR) is 130 cm³/mol. The third-order valence-corrected chi connectivity index (χ3v) is 6.15. The third-order valence-electron chi connectivity index (χ3n) is 5.53. The molecule has 0 aliphatic carbocycles. The topological polar surface area (TPSA) is 105 Å². The van der Waals surface area contributed by atoms with E-state index >= 15 is 0 Å². The second-order valence-electron chi connectivity index (χ2n) is 9.14. The lowest BCUT2D eigenvalue weighted by atomic mass is 9.97. The predicted octanol–water partition coefficient (Wildman–Crippen LogP) is 4.85. The Labute approximate surface area is 201 Å². The molecule has 1 fully saturated rings. The highest BCUT2D eigenvalue weighted by Crippen LogP contribution is 2.32. The highest BCUT2D eigenvalue weighted by molar-refractivity contribution is 9.10. The van der Waals surface area contributed by atoms with E-state index in [-0.39, 0.29) is 6.09 Å². The molecule has 1 aliphatic rings. The molecular weight excluding hydrogens is 488 g/mol. The molecule has 33 heavy (non-hydrogen) atoms. The number of hydrogen-bond donors (Lipinski definition) is 2. The van der Waals surface area contributed by atoms with Crippen molar-refractivity contribution < 1.29 is 14.3 Å². The van der Waals surface area contributed by atoms with Gasteiger partial charge in [-0.2, -0.15) is 4.98 Å². The minimum Gasteiger partial charge on any atom is -0.496 e. The van der Waals surface area contributed by atoms with Crippen molar-refractivity contribution in [1.82, 2.24) is 24.8 Å². The number of methoxy groups -OCH3 is 1. The summed E-state index contributed by atoms with van der Waals surface area (Å²) in [7, 11) is 1.64. The largest absolute Gasteiger partial charge is 0.496 e. The van der Waals surface area contributed by atoms with Gasteiger partial charge in [-0.25, -0.2) is 14.8 Å². The molecule has 3 aromatic rings. The van der Waals surface area contributed by atoms with Crippen LogP contribution >= 0.6 is 15.9 Å². The lowest BCUT2D eigenvalue weighted by molar-refractivity contribution is 0.0188. The number of halogens is 1. The number of nitrogens with one attached hydrogen (secondary N) is 2. The van der Waals surface area contributed by atoms with Crippen molar-refractivity contribution in [2.45, 2.75) is 39.2 Å². The lowest BCUT2D eigenvalue weighted by Gasteiger charge is -2.33. The van der Waals surface area contributed by atoms with E-state index in [1.165, 1.54) is 0 Å². The number of carbonyl (C=O) groups is 1. The molecule has 0 bridgehead atoms. The molecule has 4 rings (SSSR count). The van der Waals surface area contributed by atoms with Crippen molar-refractivity contribution in [3.05, 3.63) is 29.0 Å². The van der Waals surface area contributed by atoms with Crippen molar-refractivity contribution in [2.75, 3.05) is 32.1 Å². The number of anilines is 1. The van der Waals surface area contributed by atoms with Crippen LogP contribution in [0.15, 0.2) is 29.0 Å². The minimum atomic E-state index is -0.477. The number of likely N-dealkylation sites (tertiary alicyclic amines) is 1. The maximum absolute atomic E-state index is 12.3. The summed E-state index contributed by atoms with van der Waals surface area (Å²) in [6, 6.07) is 5.83. The molecular formula is C23H29BrN6O3. The highest BCUT2D eigenvalue weighted by Gasteiger charge is 2.27. The molecule has 10 heteroatoms. The van der Waals surface area contributed by atoms with E-state index in [4.69, 9.17) is 14.5 Å². The van der Waals surface area contributed by atoms with Crippen LogP contribution < -0.4 is 10.1 Å². The van der Waals surface area contributed by atoms with Crippen LogP contribution in [-0.2, 0) is 4.74 Å². The summed E-state index contributed by atoms with van der Waals surface area (Å²) in [5.41, 5.74) is 2.60. The van der Waals surface area contributed by atoms with Gasteiger partial charge in [0.15, 0.2) is 5.65 Å². The number of aromatic amines is 1. The Bertz CT molecular complexity index is 1130. The van der Waals surface area contributed by atoms with Gasteiger partial charge in [0.1, 0.15) is 22.6 Å². The Morgan fingerprint density at radius 1 is 1.27 bits per heavy atom. The van der Waals surface area contributed by atoms with E-state index in [2.05, 4.69) is 36.2 Å². The van der Waals surface area contributed by atoms with Crippen LogP contribution in [0.4, 0.5) is 10.7 Å². The molecule has 0 atom stereocenters. The van der Waals surface area contributed by atoms with Gasteiger partial charge in [0, 0.05) is 25.2 Å². The van der Waals surface area contributed by atoms with E-state index in [1.807, 2.05) is 39.0 Å². The number of H-pyrrole nitrogens is 1. The number of carbonyl (C=O) groups excluding carboxylic acids is 1. The van der Waals surface area contributed by atoms with E-state index in [0.717, 1.165) is 46.4 Å². The van der Waals surface area contributed by atoms with Crippen LogP contribution in [0.5, 0.6) is 5.75 Å². The van der Waals surface area contributed by atoms with Gasteiger partial charge in [0.05, 0.1) is 17.9 Å². The number of amides is 1. The first-order valence-corrected chi connectivity index (χ1v) is 11.8. The maximum Gasteiger partial charge on any atom is 0.410 e. The SMILES string of the molecule is COc1ccc(-c2nc(NCC3CCN(C(=O)OC(C)(C)C)CC3)nc3nc[nH]c23)cc1Br. The summed E-state index contributed by atoms with van der Waals surface area (Å²) in [5.74, 6) is 1.71. The number of rotatable bonds is 5. The monoisotopic (exact) mass is 516 g/mol. The molecule has 0 radical (unpaired) electrons. The first-order valence-electron chi connectivity index (χ1n) is 11.0. The zero-order valence-electron chi connectivity index (χ0n) is 19.3. The molecule has 9 nitrogen and oxygen atoms in total. The number of nitrogens with zero attached hydrogens (tertiary/aromatic N) is 4. The summed E-state index contributed by atoms with van der Waals surface area (Å²) in [6.45, 7) is 7.76. The van der Waals surface area contributed by atoms with Crippen LogP contribution in [0.2, 0.25) is 0 Å². The van der Waals surface area contributed by atoms with Gasteiger partial charge >= 0.3 is 6.09 Å². The number of aromatic nitrogens is 4. The van der Waals surface area contributed by atoms with Gasteiger partial charge in [-0.3, -0.25) is 0 Å². The van der Waals surface area contributed by atoms with Crippen molar-refractivity contribution in [1.29, 1.82) is 0 Å². The number of ether oxygens (including phenoxy) is 2. The number of hydrogen-bond acceptors (Lipinski definition) is 7. The smallest absolute Gasteiger partial charge is 0.410 e. The Hall–Kier alpha value is -2.88. The molecule has 2 aromatic heterocycles. The second-order valence-corrected chi connectivity index (χ2v) is 9.99. The van der Waals surface area contributed by atoms with E-state index in [9.17, 15) is 4.79 Å². The molecule has 3 heterocycles. The number of piperidine rings is 1. The Morgan fingerprint density at radius 3 is 2.70 bits per heavy atom. The molecule has 2 N–H and O–H groups in total. The summed E-state index contributed by atoms with van der Waals surface area (Å²) in [6.07, 6.45) is 3.18. The minimum absolute atomic E-state index is 0.239.